The van der Waals surface area contributed by atoms with Crippen molar-refractivity contribution >= 4 is 15.9 Å². The van der Waals surface area contributed by atoms with E-state index in [2.05, 4.69) is 0 Å². The van der Waals surface area contributed by atoms with Crippen LogP contribution in [0.15, 0.2) is 23.1 Å². The van der Waals surface area contributed by atoms with Crippen molar-refractivity contribution < 1.29 is 13.2 Å². The van der Waals surface area contributed by atoms with Gasteiger partial charge in [-0.15, -0.1) is 0 Å². The quantitative estimate of drug-likeness (QED) is 0.896. The number of benzene rings is 1. The predicted molar refractivity (Wildman–Crippen MR) is 72.0 cm³/mol. The van der Waals surface area contributed by atoms with Crippen LogP contribution in [0.4, 0.5) is 0 Å². The zero-order valence-electron chi connectivity index (χ0n) is 11.1. The maximum absolute atomic E-state index is 12.6. The summed E-state index contributed by atoms with van der Waals surface area (Å²) in [5, 5.41) is 0. The minimum atomic E-state index is -3.65. The summed E-state index contributed by atoms with van der Waals surface area (Å²) in [4.78, 5) is 11.6. The smallest absolute Gasteiger partial charge is 0.244 e. The van der Waals surface area contributed by atoms with Crippen molar-refractivity contribution in [3.8, 4) is 0 Å². The summed E-state index contributed by atoms with van der Waals surface area (Å²) < 4.78 is 26.5. The standard InChI is InChI=1S/C13H18N2O3S/c1-9-5-6-10(2)12(8-9)19(17,18)15-7-3-4-11(15)13(14)16/h5-6,8,11H,3-4,7H2,1-2H3,(H2,14,16). The molecule has 1 atom stereocenters. The topological polar surface area (TPSA) is 80.5 Å². The van der Waals surface area contributed by atoms with Crippen molar-refractivity contribution in [2.45, 2.75) is 37.6 Å². The van der Waals surface area contributed by atoms with Crippen molar-refractivity contribution in [2.24, 2.45) is 5.73 Å². The third kappa shape index (κ3) is 2.50. The van der Waals surface area contributed by atoms with E-state index in [1.54, 1.807) is 19.1 Å². The second kappa shape index (κ2) is 4.94. The summed E-state index contributed by atoms with van der Waals surface area (Å²) >= 11 is 0. The Balaban J connectivity index is 2.48. The summed E-state index contributed by atoms with van der Waals surface area (Å²) in [6.45, 7) is 3.94. The first kappa shape index (κ1) is 14.0. The Bertz CT molecular complexity index is 610. The molecule has 0 spiro atoms. The highest BCUT2D eigenvalue weighted by atomic mass is 32.2. The number of hydrogen-bond acceptors (Lipinski definition) is 3. The Morgan fingerprint density at radius 1 is 1.37 bits per heavy atom. The van der Waals surface area contributed by atoms with E-state index in [4.69, 9.17) is 5.73 Å². The zero-order chi connectivity index (χ0) is 14.2. The fourth-order valence-corrected chi connectivity index (χ4v) is 4.40. The van der Waals surface area contributed by atoms with Crippen LogP contribution in [0.5, 0.6) is 0 Å². The first-order valence-electron chi connectivity index (χ1n) is 6.22. The van der Waals surface area contributed by atoms with Gasteiger partial charge < -0.3 is 5.73 Å². The third-order valence-corrected chi connectivity index (χ3v) is 5.51. The Morgan fingerprint density at radius 3 is 2.68 bits per heavy atom. The average molecular weight is 282 g/mol. The molecule has 1 amide bonds. The fraction of sp³-hybridized carbons (Fsp3) is 0.462. The van der Waals surface area contributed by atoms with Gasteiger partial charge in [0.15, 0.2) is 0 Å². The lowest BCUT2D eigenvalue weighted by atomic mass is 10.2. The van der Waals surface area contributed by atoms with Crippen LogP contribution in [0.2, 0.25) is 0 Å². The van der Waals surface area contributed by atoms with Gasteiger partial charge >= 0.3 is 0 Å². The highest BCUT2D eigenvalue weighted by molar-refractivity contribution is 7.89. The molecule has 1 aliphatic heterocycles. The van der Waals surface area contributed by atoms with Crippen LogP contribution in [0.3, 0.4) is 0 Å². The molecule has 0 radical (unpaired) electrons. The van der Waals surface area contributed by atoms with Gasteiger partial charge in [-0.1, -0.05) is 12.1 Å². The number of nitrogens with zero attached hydrogens (tertiary/aromatic N) is 1. The van der Waals surface area contributed by atoms with Gasteiger partial charge in [0.05, 0.1) is 4.90 Å². The number of hydrogen-bond donors (Lipinski definition) is 1. The Labute approximate surface area is 113 Å². The van der Waals surface area contributed by atoms with Gasteiger partial charge in [0.25, 0.3) is 0 Å². The minimum Gasteiger partial charge on any atom is -0.368 e. The van der Waals surface area contributed by atoms with Crippen LogP contribution < -0.4 is 5.73 Å². The van der Waals surface area contributed by atoms with Crippen molar-refractivity contribution in [1.82, 2.24) is 4.31 Å². The summed E-state index contributed by atoms with van der Waals surface area (Å²) in [6.07, 6.45) is 1.16. The molecule has 6 heteroatoms. The summed E-state index contributed by atoms with van der Waals surface area (Å²) in [5.74, 6) is -0.577. The fourth-order valence-electron chi connectivity index (χ4n) is 2.42. The molecule has 5 nitrogen and oxygen atoms in total. The van der Waals surface area contributed by atoms with E-state index in [-0.39, 0.29) is 4.90 Å². The van der Waals surface area contributed by atoms with Crippen LogP contribution in [-0.4, -0.2) is 31.2 Å². The second-order valence-electron chi connectivity index (χ2n) is 4.95. The highest BCUT2D eigenvalue weighted by Crippen LogP contribution is 2.28. The molecule has 1 unspecified atom stereocenters. The summed E-state index contributed by atoms with van der Waals surface area (Å²) in [6, 6.07) is 4.56. The van der Waals surface area contributed by atoms with E-state index in [1.165, 1.54) is 4.31 Å². The minimum absolute atomic E-state index is 0.264. The highest BCUT2D eigenvalue weighted by Gasteiger charge is 2.38. The molecule has 0 saturated carbocycles. The number of rotatable bonds is 3. The number of carbonyl (C=O) groups excluding carboxylic acids is 1. The van der Waals surface area contributed by atoms with E-state index in [1.807, 2.05) is 13.0 Å². The van der Waals surface area contributed by atoms with E-state index in [9.17, 15) is 13.2 Å². The molecule has 0 aromatic heterocycles. The van der Waals surface area contributed by atoms with Gasteiger partial charge in [-0.25, -0.2) is 8.42 Å². The number of carbonyl (C=O) groups is 1. The monoisotopic (exact) mass is 282 g/mol. The van der Waals surface area contributed by atoms with E-state index in [0.717, 1.165) is 5.56 Å². The van der Waals surface area contributed by atoms with Crippen molar-refractivity contribution in [2.75, 3.05) is 6.54 Å². The average Bonchev–Trinajstić information content (AvgIpc) is 2.82. The lowest BCUT2D eigenvalue weighted by Crippen LogP contribution is -2.43. The molecular formula is C13H18N2O3S. The molecule has 0 aliphatic carbocycles. The van der Waals surface area contributed by atoms with Crippen LogP contribution in [0.1, 0.15) is 24.0 Å². The maximum Gasteiger partial charge on any atom is 0.244 e. The molecule has 1 aliphatic rings. The van der Waals surface area contributed by atoms with Crippen LogP contribution in [-0.2, 0) is 14.8 Å². The zero-order valence-corrected chi connectivity index (χ0v) is 11.9. The van der Waals surface area contributed by atoms with Crippen LogP contribution in [0, 0.1) is 13.8 Å². The Kier molecular flexibility index (Phi) is 3.64. The predicted octanol–water partition coefficient (Wildman–Crippen LogP) is 0.942. The van der Waals surface area contributed by atoms with Crippen molar-refractivity contribution in [3.63, 3.8) is 0 Å². The molecule has 2 rings (SSSR count). The van der Waals surface area contributed by atoms with E-state index >= 15 is 0 Å². The maximum atomic E-state index is 12.6. The van der Waals surface area contributed by atoms with Gasteiger partial charge in [-0.05, 0) is 43.9 Å². The largest absolute Gasteiger partial charge is 0.368 e. The molecule has 0 bridgehead atoms. The van der Waals surface area contributed by atoms with Crippen molar-refractivity contribution in [1.29, 1.82) is 0 Å². The molecule has 1 aromatic rings. The third-order valence-electron chi connectivity index (χ3n) is 3.46. The lowest BCUT2D eigenvalue weighted by molar-refractivity contribution is -0.121. The number of nitrogens with two attached hydrogens (primary N) is 1. The second-order valence-corrected chi connectivity index (χ2v) is 6.80. The normalized spacial score (nSPS) is 20.6. The molecule has 1 fully saturated rings. The molecule has 1 heterocycles. The Morgan fingerprint density at radius 2 is 2.05 bits per heavy atom. The van der Waals surface area contributed by atoms with Crippen LogP contribution in [0.25, 0.3) is 0 Å². The number of amides is 1. The molecule has 2 N–H and O–H groups in total. The van der Waals surface area contributed by atoms with Gasteiger partial charge in [0, 0.05) is 6.54 Å². The first-order valence-corrected chi connectivity index (χ1v) is 7.66. The molecule has 1 aromatic carbocycles. The van der Waals surface area contributed by atoms with Crippen LogP contribution >= 0.6 is 0 Å². The van der Waals surface area contributed by atoms with E-state index < -0.39 is 22.0 Å². The van der Waals surface area contributed by atoms with Gasteiger partial charge in [-0.2, -0.15) is 4.31 Å². The molecular weight excluding hydrogens is 264 g/mol. The number of primary amides is 1. The number of aryl methyl sites for hydroxylation is 2. The summed E-state index contributed by atoms with van der Waals surface area (Å²) in [5.41, 5.74) is 6.84. The molecule has 104 valence electrons. The Hall–Kier alpha value is -1.40. The van der Waals surface area contributed by atoms with Gasteiger partial charge in [-0.3, -0.25) is 4.79 Å². The molecule has 19 heavy (non-hydrogen) atoms. The van der Waals surface area contributed by atoms with E-state index in [0.29, 0.717) is 24.9 Å². The number of sulfonamides is 1. The van der Waals surface area contributed by atoms with Gasteiger partial charge in [0.2, 0.25) is 15.9 Å². The summed E-state index contributed by atoms with van der Waals surface area (Å²) in [7, 11) is -3.65. The lowest BCUT2D eigenvalue weighted by Gasteiger charge is -2.22. The molecule has 1 saturated heterocycles. The van der Waals surface area contributed by atoms with Crippen molar-refractivity contribution in [3.05, 3.63) is 29.3 Å². The first-order chi connectivity index (χ1) is 8.84. The van der Waals surface area contributed by atoms with Gasteiger partial charge in [0.1, 0.15) is 6.04 Å². The SMILES string of the molecule is Cc1ccc(C)c(S(=O)(=O)N2CCCC2C(N)=O)c1.